The SMILES string of the molecule is C=CC(=O)N1C[C@@H]2C[C@H]1CN2c1ccc2ncnc(Oc3cccc(Cl)c3)c2n1. The van der Waals surface area contributed by atoms with Gasteiger partial charge in [0.05, 0.1) is 17.6 Å². The molecule has 29 heavy (non-hydrogen) atoms. The van der Waals surface area contributed by atoms with Gasteiger partial charge in [0.15, 0.2) is 5.52 Å². The Morgan fingerprint density at radius 1 is 1.21 bits per heavy atom. The Labute approximate surface area is 172 Å². The van der Waals surface area contributed by atoms with Crippen molar-refractivity contribution >= 4 is 34.4 Å². The quantitative estimate of drug-likeness (QED) is 0.617. The highest BCUT2D eigenvalue weighted by atomic mass is 35.5. The van der Waals surface area contributed by atoms with Gasteiger partial charge in [-0.25, -0.2) is 9.97 Å². The highest BCUT2D eigenvalue weighted by molar-refractivity contribution is 6.30. The second-order valence-corrected chi connectivity index (χ2v) is 7.60. The summed E-state index contributed by atoms with van der Waals surface area (Å²) in [5.74, 6) is 1.80. The Bertz CT molecular complexity index is 1120. The topological polar surface area (TPSA) is 71.5 Å². The van der Waals surface area contributed by atoms with E-state index in [-0.39, 0.29) is 18.0 Å². The molecule has 2 saturated heterocycles. The monoisotopic (exact) mass is 407 g/mol. The number of hydrogen-bond donors (Lipinski definition) is 0. The number of aromatic nitrogens is 3. The number of amides is 1. The number of piperazine rings is 1. The van der Waals surface area contributed by atoms with Crippen LogP contribution in [0.3, 0.4) is 0 Å². The maximum atomic E-state index is 12.0. The van der Waals surface area contributed by atoms with Crippen molar-refractivity contribution in [1.82, 2.24) is 19.9 Å². The Hall–Kier alpha value is -3.19. The van der Waals surface area contributed by atoms with E-state index in [2.05, 4.69) is 21.4 Å². The first-order valence-electron chi connectivity index (χ1n) is 9.37. The van der Waals surface area contributed by atoms with E-state index in [9.17, 15) is 4.79 Å². The first kappa shape index (κ1) is 17.9. The fraction of sp³-hybridized carbons (Fsp3) is 0.238. The fourth-order valence-electron chi connectivity index (χ4n) is 4.12. The second-order valence-electron chi connectivity index (χ2n) is 7.17. The van der Waals surface area contributed by atoms with Gasteiger partial charge in [0.2, 0.25) is 11.8 Å². The summed E-state index contributed by atoms with van der Waals surface area (Å²) in [6, 6.07) is 11.5. The molecule has 146 valence electrons. The van der Waals surface area contributed by atoms with Gasteiger partial charge in [0, 0.05) is 18.1 Å². The smallest absolute Gasteiger partial charge is 0.249 e. The van der Waals surface area contributed by atoms with Crippen LogP contribution in [-0.2, 0) is 4.79 Å². The number of fused-ring (bicyclic) bond motifs is 3. The molecule has 2 aliphatic heterocycles. The number of ether oxygens (including phenoxy) is 1. The first-order chi connectivity index (χ1) is 14.1. The van der Waals surface area contributed by atoms with Crippen molar-refractivity contribution in [3.8, 4) is 11.6 Å². The summed E-state index contributed by atoms with van der Waals surface area (Å²) < 4.78 is 5.93. The van der Waals surface area contributed by atoms with Gasteiger partial charge in [-0.15, -0.1) is 0 Å². The molecule has 1 aromatic carbocycles. The van der Waals surface area contributed by atoms with Crippen molar-refractivity contribution in [3.05, 3.63) is 60.4 Å². The number of carbonyl (C=O) groups excluding carboxylic acids is 1. The molecule has 0 spiro atoms. The zero-order valence-electron chi connectivity index (χ0n) is 15.5. The summed E-state index contributed by atoms with van der Waals surface area (Å²) in [5.41, 5.74) is 1.29. The molecule has 0 saturated carbocycles. The highest BCUT2D eigenvalue weighted by Crippen LogP contribution is 2.35. The van der Waals surface area contributed by atoms with Crippen molar-refractivity contribution in [2.75, 3.05) is 18.0 Å². The molecular formula is C21H18ClN5O2. The lowest BCUT2D eigenvalue weighted by atomic mass is 10.2. The predicted molar refractivity (Wildman–Crippen MR) is 110 cm³/mol. The molecule has 0 aliphatic carbocycles. The number of pyridine rings is 1. The van der Waals surface area contributed by atoms with Crippen LogP contribution in [0, 0.1) is 0 Å². The third-order valence-electron chi connectivity index (χ3n) is 5.44. The molecule has 2 atom stereocenters. The van der Waals surface area contributed by atoms with Crippen LogP contribution in [0.1, 0.15) is 6.42 Å². The van der Waals surface area contributed by atoms with E-state index in [1.807, 2.05) is 29.2 Å². The normalized spacial score (nSPS) is 20.3. The molecule has 0 N–H and O–H groups in total. The fourth-order valence-corrected chi connectivity index (χ4v) is 4.30. The van der Waals surface area contributed by atoms with Gasteiger partial charge >= 0.3 is 0 Å². The van der Waals surface area contributed by atoms with Crippen molar-refractivity contribution in [3.63, 3.8) is 0 Å². The largest absolute Gasteiger partial charge is 0.437 e. The maximum Gasteiger partial charge on any atom is 0.249 e. The summed E-state index contributed by atoms with van der Waals surface area (Å²) in [4.78, 5) is 29.5. The van der Waals surface area contributed by atoms with E-state index >= 15 is 0 Å². The number of carbonyl (C=O) groups is 1. The van der Waals surface area contributed by atoms with Crippen molar-refractivity contribution in [2.45, 2.75) is 18.5 Å². The van der Waals surface area contributed by atoms with Gasteiger partial charge in [-0.05, 0) is 42.8 Å². The number of anilines is 1. The molecule has 4 heterocycles. The van der Waals surface area contributed by atoms with Crippen LogP contribution in [0.5, 0.6) is 11.6 Å². The lowest BCUT2D eigenvalue weighted by molar-refractivity contribution is -0.127. The maximum absolute atomic E-state index is 12.0. The molecule has 3 aromatic rings. The number of likely N-dealkylation sites (tertiary alicyclic amines) is 1. The molecule has 2 bridgehead atoms. The molecule has 8 heteroatoms. The Kier molecular flexibility index (Phi) is 4.32. The number of hydrogen-bond acceptors (Lipinski definition) is 6. The second kappa shape index (κ2) is 7.00. The van der Waals surface area contributed by atoms with E-state index in [0.29, 0.717) is 34.2 Å². The molecule has 2 fully saturated rings. The molecule has 0 unspecified atom stereocenters. The lowest BCUT2D eigenvalue weighted by Crippen LogP contribution is -2.48. The van der Waals surface area contributed by atoms with Crippen LogP contribution < -0.4 is 9.64 Å². The van der Waals surface area contributed by atoms with E-state index in [1.54, 1.807) is 12.1 Å². The molecule has 5 rings (SSSR count). The van der Waals surface area contributed by atoms with Gasteiger partial charge in [-0.2, -0.15) is 4.98 Å². The number of rotatable bonds is 4. The van der Waals surface area contributed by atoms with Crippen LogP contribution in [0.2, 0.25) is 5.02 Å². The minimum atomic E-state index is -0.00534. The molecule has 2 aromatic heterocycles. The molecule has 0 radical (unpaired) electrons. The summed E-state index contributed by atoms with van der Waals surface area (Å²) in [7, 11) is 0. The molecule has 7 nitrogen and oxygen atoms in total. The standard InChI is InChI=1S/C21H18ClN5O2/c1-2-19(28)27-11-14-9-15(27)10-26(14)18-7-6-17-20(25-18)21(24-12-23-17)29-16-5-3-4-13(22)8-16/h2-8,12,14-15H,1,9-11H2/t14-,15-/m0/s1. The average molecular weight is 408 g/mol. The van der Waals surface area contributed by atoms with Crippen molar-refractivity contribution in [1.29, 1.82) is 0 Å². The third-order valence-corrected chi connectivity index (χ3v) is 5.67. The van der Waals surface area contributed by atoms with Gasteiger partial charge in [0.1, 0.15) is 17.9 Å². The zero-order valence-corrected chi connectivity index (χ0v) is 16.3. The predicted octanol–water partition coefficient (Wildman–Crippen LogP) is 3.45. The number of halogens is 1. The van der Waals surface area contributed by atoms with Gasteiger partial charge in [-0.3, -0.25) is 4.79 Å². The van der Waals surface area contributed by atoms with E-state index in [0.717, 1.165) is 18.8 Å². The minimum Gasteiger partial charge on any atom is -0.437 e. The van der Waals surface area contributed by atoms with Crippen LogP contribution in [0.4, 0.5) is 5.82 Å². The summed E-state index contributed by atoms with van der Waals surface area (Å²) in [6.07, 6.45) is 3.78. The average Bonchev–Trinajstić information content (AvgIpc) is 3.34. The van der Waals surface area contributed by atoms with Crippen LogP contribution in [0.25, 0.3) is 11.0 Å². The number of benzene rings is 1. The van der Waals surface area contributed by atoms with Gasteiger partial charge in [0.25, 0.3) is 0 Å². The summed E-state index contributed by atoms with van der Waals surface area (Å²) >= 11 is 6.05. The van der Waals surface area contributed by atoms with E-state index in [1.165, 1.54) is 12.4 Å². The summed E-state index contributed by atoms with van der Waals surface area (Å²) in [5, 5.41) is 0.584. The Morgan fingerprint density at radius 2 is 2.10 bits per heavy atom. The van der Waals surface area contributed by atoms with Crippen molar-refractivity contribution < 1.29 is 9.53 Å². The zero-order chi connectivity index (χ0) is 20.0. The van der Waals surface area contributed by atoms with Gasteiger partial charge < -0.3 is 14.5 Å². The van der Waals surface area contributed by atoms with Crippen LogP contribution >= 0.6 is 11.6 Å². The van der Waals surface area contributed by atoms with Crippen LogP contribution in [0.15, 0.2) is 55.4 Å². The third kappa shape index (κ3) is 3.17. The lowest BCUT2D eigenvalue weighted by Gasteiger charge is -2.34. The number of nitrogens with zero attached hydrogens (tertiary/aromatic N) is 5. The minimum absolute atomic E-state index is 0.00534. The molecule has 2 aliphatic rings. The molecular weight excluding hydrogens is 390 g/mol. The Morgan fingerprint density at radius 3 is 2.86 bits per heavy atom. The van der Waals surface area contributed by atoms with E-state index < -0.39 is 0 Å². The van der Waals surface area contributed by atoms with Crippen LogP contribution in [-0.4, -0.2) is 50.9 Å². The molecule has 1 amide bonds. The Balaban J connectivity index is 1.45. The van der Waals surface area contributed by atoms with E-state index in [4.69, 9.17) is 21.3 Å². The first-order valence-corrected chi connectivity index (χ1v) is 9.75. The van der Waals surface area contributed by atoms with Crippen molar-refractivity contribution in [2.24, 2.45) is 0 Å². The highest BCUT2D eigenvalue weighted by Gasteiger charge is 2.45. The summed E-state index contributed by atoms with van der Waals surface area (Å²) in [6.45, 7) is 5.03. The van der Waals surface area contributed by atoms with Gasteiger partial charge in [-0.1, -0.05) is 24.2 Å².